The Morgan fingerprint density at radius 3 is 2.42 bits per heavy atom. The molecule has 1 aliphatic rings. The Morgan fingerprint density at radius 2 is 1.88 bits per heavy atom. The predicted octanol–water partition coefficient (Wildman–Crippen LogP) is 3.82. The molecule has 0 heterocycles. The first-order chi connectivity index (χ1) is 12.1. The molecule has 0 unspecified atom stereocenters. The third-order valence-electron chi connectivity index (χ3n) is 5.50. The molecule has 0 atom stereocenters. The third kappa shape index (κ3) is 5.27. The summed E-state index contributed by atoms with van der Waals surface area (Å²) in [5, 5.41) is 3.02. The predicted molar refractivity (Wildman–Crippen MR) is 107 cm³/mol. The van der Waals surface area contributed by atoms with Crippen molar-refractivity contribution < 1.29 is 14.3 Å². The molecule has 5 nitrogen and oxygen atoms in total. The lowest BCUT2D eigenvalue weighted by Gasteiger charge is -2.28. The Bertz CT molecular complexity index is 562. The van der Waals surface area contributed by atoms with Gasteiger partial charge < -0.3 is 20.5 Å². The summed E-state index contributed by atoms with van der Waals surface area (Å²) in [4.78, 5) is 12.5. The number of carbonyl (C=O) groups is 1. The molecule has 26 heavy (non-hydrogen) atoms. The molecule has 6 heteroatoms. The van der Waals surface area contributed by atoms with Crippen molar-refractivity contribution >= 4 is 18.3 Å². The van der Waals surface area contributed by atoms with Crippen LogP contribution < -0.4 is 20.5 Å². The number of halogens is 1. The van der Waals surface area contributed by atoms with E-state index in [1.807, 2.05) is 32.0 Å². The molecule has 1 aliphatic carbocycles. The monoisotopic (exact) mass is 384 g/mol. The molecule has 1 aromatic carbocycles. The van der Waals surface area contributed by atoms with Crippen molar-refractivity contribution in [3.63, 3.8) is 0 Å². The topological polar surface area (TPSA) is 73.6 Å². The number of rotatable bonds is 9. The smallest absolute Gasteiger partial charge is 0.227 e. The van der Waals surface area contributed by atoms with Gasteiger partial charge in [0.05, 0.1) is 18.6 Å². The third-order valence-corrected chi connectivity index (χ3v) is 5.50. The zero-order valence-electron chi connectivity index (χ0n) is 16.2. The van der Waals surface area contributed by atoms with Crippen molar-refractivity contribution in [3.05, 3.63) is 23.8 Å². The van der Waals surface area contributed by atoms with Crippen molar-refractivity contribution in [1.82, 2.24) is 5.32 Å². The van der Waals surface area contributed by atoms with Crippen LogP contribution in [0.5, 0.6) is 11.5 Å². The van der Waals surface area contributed by atoms with Gasteiger partial charge in [-0.05, 0) is 56.2 Å². The first-order valence-electron chi connectivity index (χ1n) is 9.40. The number of hydrogen-bond acceptors (Lipinski definition) is 4. The van der Waals surface area contributed by atoms with Crippen molar-refractivity contribution in [3.8, 4) is 11.5 Å². The highest BCUT2D eigenvalue weighted by Crippen LogP contribution is 2.32. The minimum absolute atomic E-state index is 0. The summed E-state index contributed by atoms with van der Waals surface area (Å²) in [5.41, 5.74) is 6.36. The Morgan fingerprint density at radius 1 is 1.23 bits per heavy atom. The van der Waals surface area contributed by atoms with Gasteiger partial charge in [-0.25, -0.2) is 0 Å². The van der Waals surface area contributed by atoms with Crippen molar-refractivity contribution in [1.29, 1.82) is 0 Å². The minimum atomic E-state index is -0.477. The molecule has 1 fully saturated rings. The van der Waals surface area contributed by atoms with Crippen LogP contribution in [0.1, 0.15) is 57.9 Å². The van der Waals surface area contributed by atoms with E-state index in [0.29, 0.717) is 19.2 Å². The van der Waals surface area contributed by atoms with Crippen molar-refractivity contribution in [2.75, 3.05) is 13.7 Å². The number of nitrogens with two attached hydrogens (primary N) is 1. The summed E-state index contributed by atoms with van der Waals surface area (Å²) in [6, 6.07) is 5.86. The maximum absolute atomic E-state index is 12.5. The molecule has 148 valence electrons. The lowest BCUT2D eigenvalue weighted by atomic mass is 9.81. The second kappa shape index (κ2) is 10.6. The van der Waals surface area contributed by atoms with E-state index in [9.17, 15) is 4.79 Å². The molecule has 2 rings (SSSR count). The van der Waals surface area contributed by atoms with Gasteiger partial charge in [0.25, 0.3) is 0 Å². The summed E-state index contributed by atoms with van der Waals surface area (Å²) in [5.74, 6) is 1.52. The van der Waals surface area contributed by atoms with Crippen LogP contribution in [0.3, 0.4) is 0 Å². The Kier molecular flexibility index (Phi) is 9.23. The molecule has 1 saturated carbocycles. The highest BCUT2D eigenvalue weighted by atomic mass is 35.5. The van der Waals surface area contributed by atoms with E-state index in [1.165, 1.54) is 12.8 Å². The van der Waals surface area contributed by atoms with Gasteiger partial charge in [0, 0.05) is 13.1 Å². The highest BCUT2D eigenvalue weighted by Gasteiger charge is 2.33. The van der Waals surface area contributed by atoms with E-state index >= 15 is 0 Å². The van der Waals surface area contributed by atoms with Crippen molar-refractivity contribution in [2.45, 2.75) is 65.0 Å². The molecular formula is C20H33ClN2O3. The van der Waals surface area contributed by atoms with Gasteiger partial charge in [0.1, 0.15) is 0 Å². The Labute approximate surface area is 163 Å². The number of benzene rings is 1. The number of amides is 1. The lowest BCUT2D eigenvalue weighted by molar-refractivity contribution is -0.131. The van der Waals surface area contributed by atoms with Gasteiger partial charge in [-0.1, -0.05) is 19.9 Å². The molecule has 1 amide bonds. The standard InChI is InChI=1S/C20H32N2O3.ClH/c1-4-20(5-2,14-21)19(23)22-13-15-10-11-17(18(12-15)24-3)25-16-8-6-7-9-16;/h10-12,16H,4-9,13-14,21H2,1-3H3,(H,22,23);1H. The van der Waals surface area contributed by atoms with Gasteiger partial charge in [-0.15, -0.1) is 12.4 Å². The summed E-state index contributed by atoms with van der Waals surface area (Å²) >= 11 is 0. The lowest BCUT2D eigenvalue weighted by Crippen LogP contribution is -2.45. The molecule has 0 aliphatic heterocycles. The van der Waals surface area contributed by atoms with E-state index in [1.54, 1.807) is 7.11 Å². The fourth-order valence-electron chi connectivity index (χ4n) is 3.43. The van der Waals surface area contributed by atoms with Crippen LogP contribution >= 0.6 is 12.4 Å². The van der Waals surface area contributed by atoms with Crippen LogP contribution in [0.15, 0.2) is 18.2 Å². The van der Waals surface area contributed by atoms with Gasteiger partial charge in [0.2, 0.25) is 5.91 Å². The molecule has 1 aromatic rings. The van der Waals surface area contributed by atoms with Crippen LogP contribution in [0, 0.1) is 5.41 Å². The Balaban J connectivity index is 0.00000338. The number of nitrogens with one attached hydrogen (secondary N) is 1. The molecule has 0 aromatic heterocycles. The first kappa shape index (κ1) is 22.6. The quantitative estimate of drug-likeness (QED) is 0.678. The van der Waals surface area contributed by atoms with Crippen LogP contribution in [0.2, 0.25) is 0 Å². The largest absolute Gasteiger partial charge is 0.493 e. The number of hydrogen-bond donors (Lipinski definition) is 2. The van der Waals surface area contributed by atoms with E-state index in [4.69, 9.17) is 15.2 Å². The fourth-order valence-corrected chi connectivity index (χ4v) is 3.43. The minimum Gasteiger partial charge on any atom is -0.493 e. The number of ether oxygens (including phenoxy) is 2. The summed E-state index contributed by atoms with van der Waals surface area (Å²) in [6.45, 7) is 4.84. The molecule has 0 spiro atoms. The first-order valence-corrected chi connectivity index (χ1v) is 9.40. The number of methoxy groups -OCH3 is 1. The van der Waals surface area contributed by atoms with Gasteiger partial charge in [0.15, 0.2) is 11.5 Å². The zero-order chi connectivity index (χ0) is 18.3. The summed E-state index contributed by atoms with van der Waals surface area (Å²) < 4.78 is 11.5. The normalized spacial score (nSPS) is 14.6. The van der Waals surface area contributed by atoms with Gasteiger partial charge in [-0.3, -0.25) is 4.79 Å². The molecule has 0 radical (unpaired) electrons. The van der Waals surface area contributed by atoms with Gasteiger partial charge >= 0.3 is 0 Å². The van der Waals surface area contributed by atoms with E-state index in [2.05, 4.69) is 5.32 Å². The second-order valence-electron chi connectivity index (χ2n) is 6.88. The molecule has 3 N–H and O–H groups in total. The average Bonchev–Trinajstić information content (AvgIpc) is 3.16. The maximum atomic E-state index is 12.5. The summed E-state index contributed by atoms with van der Waals surface area (Å²) in [7, 11) is 1.65. The van der Waals surface area contributed by atoms with E-state index < -0.39 is 5.41 Å². The van der Waals surface area contributed by atoms with Crippen LogP contribution in [0.4, 0.5) is 0 Å². The van der Waals surface area contributed by atoms with Crippen LogP contribution in [-0.2, 0) is 11.3 Å². The van der Waals surface area contributed by atoms with Crippen LogP contribution in [-0.4, -0.2) is 25.7 Å². The summed E-state index contributed by atoms with van der Waals surface area (Å²) in [6.07, 6.45) is 6.45. The fraction of sp³-hybridized carbons (Fsp3) is 0.650. The van der Waals surface area contributed by atoms with Crippen molar-refractivity contribution in [2.24, 2.45) is 11.1 Å². The molecule has 0 saturated heterocycles. The van der Waals surface area contributed by atoms with E-state index in [-0.39, 0.29) is 18.3 Å². The second-order valence-corrected chi connectivity index (χ2v) is 6.88. The zero-order valence-corrected chi connectivity index (χ0v) is 17.0. The van der Waals surface area contributed by atoms with Gasteiger partial charge in [-0.2, -0.15) is 0 Å². The number of carbonyl (C=O) groups excluding carboxylic acids is 1. The van der Waals surface area contributed by atoms with Crippen LogP contribution in [0.25, 0.3) is 0 Å². The average molecular weight is 385 g/mol. The molecule has 0 bridgehead atoms. The molecular weight excluding hydrogens is 352 g/mol. The SMILES string of the molecule is CCC(CC)(CN)C(=O)NCc1ccc(OC2CCCC2)c(OC)c1.Cl. The van der Waals surface area contributed by atoms with E-state index in [0.717, 1.165) is 42.7 Å². The Hall–Kier alpha value is -1.46. The highest BCUT2D eigenvalue weighted by molar-refractivity contribution is 5.85. The maximum Gasteiger partial charge on any atom is 0.227 e.